The van der Waals surface area contributed by atoms with Crippen LogP contribution in [-0.2, 0) is 5.75 Å². The maximum absolute atomic E-state index is 6.00. The smallest absolute Gasteiger partial charge is 0.117 e. The number of halogens is 1. The third-order valence-corrected chi connectivity index (χ3v) is 4.26. The number of hydrogen-bond acceptors (Lipinski definition) is 4. The summed E-state index contributed by atoms with van der Waals surface area (Å²) in [4.78, 5) is 8.61. The van der Waals surface area contributed by atoms with Crippen molar-refractivity contribution in [1.29, 1.82) is 0 Å². The highest BCUT2D eigenvalue weighted by molar-refractivity contribution is 7.98. The lowest BCUT2D eigenvalue weighted by Crippen LogP contribution is -1.93. The molecule has 1 aromatic heterocycles. The molecule has 0 aliphatic heterocycles. The molecule has 1 heterocycles. The van der Waals surface area contributed by atoms with Crippen LogP contribution in [0.4, 0.5) is 5.69 Å². The second-order valence-corrected chi connectivity index (χ2v) is 5.73. The molecule has 0 spiro atoms. The minimum atomic E-state index is 0.697. The Morgan fingerprint density at radius 2 is 1.95 bits per heavy atom. The Bertz CT molecular complexity index is 756. The van der Waals surface area contributed by atoms with Crippen LogP contribution in [0.3, 0.4) is 0 Å². The summed E-state index contributed by atoms with van der Waals surface area (Å²) in [5, 5.41) is 2.71. The van der Waals surface area contributed by atoms with Crippen LogP contribution in [0.2, 0.25) is 5.02 Å². The summed E-state index contributed by atoms with van der Waals surface area (Å²) in [6.45, 7) is 0. The van der Waals surface area contributed by atoms with Crippen molar-refractivity contribution in [3.63, 3.8) is 0 Å². The Labute approximate surface area is 126 Å². The maximum atomic E-state index is 6.00. The Morgan fingerprint density at radius 3 is 2.85 bits per heavy atom. The van der Waals surface area contributed by atoms with E-state index in [-0.39, 0.29) is 0 Å². The molecule has 0 bridgehead atoms. The van der Waals surface area contributed by atoms with Gasteiger partial charge in [-0.25, -0.2) is 9.97 Å². The average molecular weight is 302 g/mol. The van der Waals surface area contributed by atoms with E-state index < -0.39 is 0 Å². The predicted molar refractivity (Wildman–Crippen MR) is 85.0 cm³/mol. The highest BCUT2D eigenvalue weighted by Gasteiger charge is 2.06. The lowest BCUT2D eigenvalue weighted by Gasteiger charge is -2.07. The predicted octanol–water partition coefficient (Wildman–Crippen LogP) is 4.16. The summed E-state index contributed by atoms with van der Waals surface area (Å²) in [7, 11) is 0. The molecule has 0 fully saturated rings. The number of rotatable bonds is 3. The molecular formula is C15H12ClN3S. The molecule has 0 saturated carbocycles. The number of aromatic nitrogens is 2. The lowest BCUT2D eigenvalue weighted by atomic mass is 10.2. The van der Waals surface area contributed by atoms with E-state index >= 15 is 0 Å². The highest BCUT2D eigenvalue weighted by atomic mass is 35.5. The zero-order valence-corrected chi connectivity index (χ0v) is 12.2. The Kier molecular flexibility index (Phi) is 3.76. The van der Waals surface area contributed by atoms with Crippen LogP contribution in [0.15, 0.2) is 53.8 Å². The fraction of sp³-hybridized carbons (Fsp3) is 0.0667. The van der Waals surface area contributed by atoms with E-state index in [9.17, 15) is 0 Å². The first kappa shape index (κ1) is 13.2. The van der Waals surface area contributed by atoms with Gasteiger partial charge in [0.1, 0.15) is 11.4 Å². The fourth-order valence-corrected chi connectivity index (χ4v) is 3.13. The van der Waals surface area contributed by atoms with Gasteiger partial charge in [-0.05, 0) is 29.8 Å². The molecule has 20 heavy (non-hydrogen) atoms. The van der Waals surface area contributed by atoms with Gasteiger partial charge >= 0.3 is 0 Å². The second kappa shape index (κ2) is 5.69. The molecule has 3 nitrogen and oxygen atoms in total. The van der Waals surface area contributed by atoms with E-state index in [1.54, 1.807) is 24.2 Å². The van der Waals surface area contributed by atoms with E-state index in [0.717, 1.165) is 32.9 Å². The molecule has 0 aliphatic carbocycles. The van der Waals surface area contributed by atoms with E-state index in [4.69, 9.17) is 17.3 Å². The number of nitrogens with two attached hydrogens (primary N) is 1. The Hall–Kier alpha value is -1.78. The molecule has 0 aliphatic rings. The van der Waals surface area contributed by atoms with Crippen molar-refractivity contribution in [1.82, 2.24) is 9.97 Å². The highest BCUT2D eigenvalue weighted by Crippen LogP contribution is 2.29. The lowest BCUT2D eigenvalue weighted by molar-refractivity contribution is 1.10. The number of benzene rings is 2. The van der Waals surface area contributed by atoms with Gasteiger partial charge in [-0.15, -0.1) is 11.8 Å². The number of nitrogens with zero attached hydrogens (tertiary/aromatic N) is 2. The third-order valence-electron chi connectivity index (χ3n) is 2.98. The molecule has 0 amide bonds. The van der Waals surface area contributed by atoms with E-state index in [2.05, 4.69) is 9.97 Å². The molecule has 100 valence electrons. The standard InChI is InChI=1S/C15H12ClN3S/c16-11-5-6-13(17)10(7-11)8-20-15-12-3-1-2-4-14(12)18-9-19-15/h1-7,9H,8,17H2. The van der Waals surface area contributed by atoms with Crippen molar-refractivity contribution < 1.29 is 0 Å². The minimum Gasteiger partial charge on any atom is -0.398 e. The molecule has 3 rings (SSSR count). The fourth-order valence-electron chi connectivity index (χ4n) is 1.94. The molecule has 0 atom stereocenters. The van der Waals surface area contributed by atoms with Crippen LogP contribution in [0.25, 0.3) is 10.9 Å². The summed E-state index contributed by atoms with van der Waals surface area (Å²) in [6, 6.07) is 13.5. The molecule has 3 aromatic rings. The zero-order valence-electron chi connectivity index (χ0n) is 10.6. The summed E-state index contributed by atoms with van der Waals surface area (Å²) >= 11 is 7.64. The van der Waals surface area contributed by atoms with Crippen LogP contribution in [0, 0.1) is 0 Å². The van der Waals surface area contributed by atoms with Crippen molar-refractivity contribution >= 4 is 40.0 Å². The number of nitrogen functional groups attached to an aromatic ring is 1. The van der Waals surface area contributed by atoms with Crippen molar-refractivity contribution in [3.05, 3.63) is 59.4 Å². The van der Waals surface area contributed by atoms with Crippen LogP contribution in [0.1, 0.15) is 5.56 Å². The van der Waals surface area contributed by atoms with Crippen LogP contribution in [-0.4, -0.2) is 9.97 Å². The normalized spacial score (nSPS) is 10.8. The van der Waals surface area contributed by atoms with Gasteiger partial charge < -0.3 is 5.73 Å². The minimum absolute atomic E-state index is 0.697. The SMILES string of the molecule is Nc1ccc(Cl)cc1CSc1ncnc2ccccc12. The van der Waals surface area contributed by atoms with Crippen LogP contribution in [0.5, 0.6) is 0 Å². The van der Waals surface area contributed by atoms with Crippen molar-refractivity contribution in [2.24, 2.45) is 0 Å². The number of hydrogen-bond donors (Lipinski definition) is 1. The van der Waals surface area contributed by atoms with Gasteiger partial charge in [0, 0.05) is 21.8 Å². The topological polar surface area (TPSA) is 51.8 Å². The van der Waals surface area contributed by atoms with Crippen molar-refractivity contribution in [2.75, 3.05) is 5.73 Å². The zero-order chi connectivity index (χ0) is 13.9. The molecule has 2 aromatic carbocycles. The Balaban J connectivity index is 1.89. The molecule has 5 heteroatoms. The number of anilines is 1. The first-order valence-corrected chi connectivity index (χ1v) is 7.47. The van der Waals surface area contributed by atoms with Gasteiger partial charge in [-0.3, -0.25) is 0 Å². The monoisotopic (exact) mass is 301 g/mol. The van der Waals surface area contributed by atoms with Gasteiger partial charge in [0.15, 0.2) is 0 Å². The Morgan fingerprint density at radius 1 is 1.10 bits per heavy atom. The summed E-state index contributed by atoms with van der Waals surface area (Å²) in [5.41, 5.74) is 8.68. The van der Waals surface area contributed by atoms with Gasteiger partial charge in [0.05, 0.1) is 5.52 Å². The van der Waals surface area contributed by atoms with Crippen molar-refractivity contribution in [3.8, 4) is 0 Å². The third kappa shape index (κ3) is 2.71. The molecule has 0 saturated heterocycles. The van der Waals surface area contributed by atoms with Crippen LogP contribution >= 0.6 is 23.4 Å². The first-order valence-electron chi connectivity index (χ1n) is 6.10. The molecule has 0 radical (unpaired) electrons. The van der Waals surface area contributed by atoms with Crippen molar-refractivity contribution in [2.45, 2.75) is 10.8 Å². The summed E-state index contributed by atoms with van der Waals surface area (Å²) < 4.78 is 0. The van der Waals surface area contributed by atoms with E-state index in [1.165, 1.54) is 0 Å². The van der Waals surface area contributed by atoms with E-state index in [1.807, 2.05) is 36.4 Å². The molecule has 2 N–H and O–H groups in total. The molecular weight excluding hydrogens is 290 g/mol. The average Bonchev–Trinajstić information content (AvgIpc) is 2.48. The quantitative estimate of drug-likeness (QED) is 0.448. The molecule has 0 unspecified atom stereocenters. The van der Waals surface area contributed by atoms with Gasteiger partial charge in [0.2, 0.25) is 0 Å². The largest absolute Gasteiger partial charge is 0.398 e. The number of para-hydroxylation sites is 1. The van der Waals surface area contributed by atoms with Gasteiger partial charge in [-0.1, -0.05) is 29.8 Å². The van der Waals surface area contributed by atoms with Gasteiger partial charge in [-0.2, -0.15) is 0 Å². The van der Waals surface area contributed by atoms with Gasteiger partial charge in [0.25, 0.3) is 0 Å². The number of fused-ring (bicyclic) bond motifs is 1. The maximum Gasteiger partial charge on any atom is 0.117 e. The summed E-state index contributed by atoms with van der Waals surface area (Å²) in [6.07, 6.45) is 1.59. The number of thioether (sulfide) groups is 1. The first-order chi connectivity index (χ1) is 9.74. The second-order valence-electron chi connectivity index (χ2n) is 4.33. The van der Waals surface area contributed by atoms with E-state index in [0.29, 0.717) is 5.02 Å². The van der Waals surface area contributed by atoms with Crippen LogP contribution < -0.4 is 5.73 Å². The summed E-state index contributed by atoms with van der Waals surface area (Å²) in [5.74, 6) is 0.730.